The van der Waals surface area contributed by atoms with E-state index in [-0.39, 0.29) is 11.5 Å². The molecule has 0 spiro atoms. The van der Waals surface area contributed by atoms with Gasteiger partial charge in [-0.15, -0.1) is 11.8 Å². The number of hydrogen-bond acceptors (Lipinski definition) is 7. The second-order valence-electron chi connectivity index (χ2n) is 7.29. The number of aliphatic hydroxyl groups is 1. The molecular weight excluding hydrogens is 404 g/mol. The molecule has 0 radical (unpaired) electrons. The van der Waals surface area contributed by atoms with Crippen LogP contribution in [0.3, 0.4) is 0 Å². The molecule has 2 aliphatic rings. The van der Waals surface area contributed by atoms with Crippen molar-refractivity contribution in [3.63, 3.8) is 0 Å². The molecule has 30 heavy (non-hydrogen) atoms. The summed E-state index contributed by atoms with van der Waals surface area (Å²) in [6, 6.07) is 17.5. The fraction of sp³-hybridized carbons (Fsp3) is 0.478. The van der Waals surface area contributed by atoms with Gasteiger partial charge in [0.15, 0.2) is 6.29 Å². The maximum atomic E-state index is 11.0. The number of benzene rings is 2. The van der Waals surface area contributed by atoms with Crippen LogP contribution in [0.25, 0.3) is 0 Å². The second kappa shape index (κ2) is 10.1. The van der Waals surface area contributed by atoms with Crippen molar-refractivity contribution in [1.82, 2.24) is 0 Å². The predicted octanol–water partition coefficient (Wildman–Crippen LogP) is 3.53. The van der Waals surface area contributed by atoms with Crippen LogP contribution < -0.4 is 4.74 Å². The standard InChI is InChI=1S/C23H28O6S/c1-3-30-23-19(24)21(26-13-15-9-11-17(25-2)12-10-15)20-18(28-23)14-27-22(29-20)16-7-5-4-6-8-16/h4-12,18-24H,3,13-14H2,1-2H3/t18-,19+,20-,21-,22?,23-/m1/s1. The largest absolute Gasteiger partial charge is 0.497 e. The summed E-state index contributed by atoms with van der Waals surface area (Å²) in [6.45, 7) is 2.79. The molecule has 0 bridgehead atoms. The Kier molecular flexibility index (Phi) is 7.30. The Hall–Kier alpha value is -1.61. The minimum absolute atomic E-state index is 0.293. The summed E-state index contributed by atoms with van der Waals surface area (Å²) in [7, 11) is 1.64. The zero-order valence-corrected chi connectivity index (χ0v) is 18.0. The topological polar surface area (TPSA) is 66.4 Å². The highest BCUT2D eigenvalue weighted by atomic mass is 32.2. The molecule has 1 N–H and O–H groups in total. The van der Waals surface area contributed by atoms with Crippen molar-refractivity contribution in [3.05, 3.63) is 65.7 Å². The van der Waals surface area contributed by atoms with Crippen LogP contribution >= 0.6 is 11.8 Å². The third-order valence-electron chi connectivity index (χ3n) is 5.31. The van der Waals surface area contributed by atoms with Crippen LogP contribution in [0.5, 0.6) is 5.75 Å². The number of aliphatic hydroxyl groups excluding tert-OH is 1. The van der Waals surface area contributed by atoms with E-state index in [1.165, 1.54) is 0 Å². The Bertz CT molecular complexity index is 786. The van der Waals surface area contributed by atoms with E-state index in [4.69, 9.17) is 23.7 Å². The van der Waals surface area contributed by atoms with Crippen LogP contribution in [0.4, 0.5) is 0 Å². The highest BCUT2D eigenvalue weighted by Crippen LogP contribution is 2.38. The van der Waals surface area contributed by atoms with Crippen molar-refractivity contribution in [2.45, 2.75) is 49.7 Å². The van der Waals surface area contributed by atoms with E-state index in [2.05, 4.69) is 0 Å². The van der Waals surface area contributed by atoms with Gasteiger partial charge in [-0.2, -0.15) is 0 Å². The molecule has 6 atom stereocenters. The van der Waals surface area contributed by atoms with E-state index in [1.807, 2.05) is 61.5 Å². The van der Waals surface area contributed by atoms with Crippen LogP contribution in [0.15, 0.2) is 54.6 Å². The van der Waals surface area contributed by atoms with Crippen molar-refractivity contribution in [1.29, 1.82) is 0 Å². The first-order valence-electron chi connectivity index (χ1n) is 10.2. The Labute approximate surface area is 181 Å². The van der Waals surface area contributed by atoms with Gasteiger partial charge in [0.25, 0.3) is 0 Å². The van der Waals surface area contributed by atoms with E-state index in [0.29, 0.717) is 13.2 Å². The van der Waals surface area contributed by atoms with Crippen LogP contribution in [0.2, 0.25) is 0 Å². The highest BCUT2D eigenvalue weighted by molar-refractivity contribution is 7.99. The number of ether oxygens (including phenoxy) is 5. The lowest BCUT2D eigenvalue weighted by atomic mass is 9.98. The first-order valence-corrected chi connectivity index (χ1v) is 11.3. The molecular formula is C23H28O6S. The molecule has 4 rings (SSSR count). The summed E-state index contributed by atoms with van der Waals surface area (Å²) in [5, 5.41) is 11.0. The molecule has 2 saturated heterocycles. The zero-order valence-electron chi connectivity index (χ0n) is 17.2. The molecule has 0 saturated carbocycles. The minimum atomic E-state index is -0.802. The van der Waals surface area contributed by atoms with Crippen molar-refractivity contribution >= 4 is 11.8 Å². The lowest BCUT2D eigenvalue weighted by Gasteiger charge is -2.47. The van der Waals surface area contributed by atoms with Gasteiger partial charge in [-0.25, -0.2) is 0 Å². The van der Waals surface area contributed by atoms with Crippen molar-refractivity contribution < 1.29 is 28.8 Å². The summed E-state index contributed by atoms with van der Waals surface area (Å²) in [6.07, 6.45) is -2.55. The van der Waals surface area contributed by atoms with Gasteiger partial charge in [0.1, 0.15) is 35.6 Å². The van der Waals surface area contributed by atoms with E-state index >= 15 is 0 Å². The number of methoxy groups -OCH3 is 1. The summed E-state index contributed by atoms with van der Waals surface area (Å²) >= 11 is 1.56. The maximum Gasteiger partial charge on any atom is 0.184 e. The maximum absolute atomic E-state index is 11.0. The SMILES string of the molecule is CCS[C@H]1O[C@@H]2COC(c3ccccc3)O[C@H]2[C@H](OCc2ccc(OC)cc2)[C@@H]1O. The number of rotatable bonds is 7. The van der Waals surface area contributed by atoms with Crippen molar-refractivity contribution in [3.8, 4) is 5.75 Å². The van der Waals surface area contributed by atoms with Gasteiger partial charge in [-0.05, 0) is 23.4 Å². The summed E-state index contributed by atoms with van der Waals surface area (Å²) in [5.41, 5.74) is 1.55. The first kappa shape index (κ1) is 21.6. The molecule has 162 valence electrons. The highest BCUT2D eigenvalue weighted by Gasteiger charge is 2.50. The summed E-state index contributed by atoms with van der Waals surface area (Å²) in [5.74, 6) is 1.63. The van der Waals surface area contributed by atoms with Crippen molar-refractivity contribution in [2.24, 2.45) is 0 Å². The van der Waals surface area contributed by atoms with Crippen LogP contribution in [0, 0.1) is 0 Å². The summed E-state index contributed by atoms with van der Waals surface area (Å²) < 4.78 is 29.7. The Morgan fingerprint density at radius 3 is 2.53 bits per heavy atom. The number of fused-ring (bicyclic) bond motifs is 1. The Morgan fingerprint density at radius 2 is 1.83 bits per heavy atom. The van der Waals surface area contributed by atoms with Crippen LogP contribution in [-0.2, 0) is 25.6 Å². The second-order valence-corrected chi connectivity index (χ2v) is 8.66. The Balaban J connectivity index is 1.50. The fourth-order valence-corrected chi connectivity index (χ4v) is 4.65. The average Bonchev–Trinajstić information content (AvgIpc) is 2.80. The molecule has 2 aliphatic heterocycles. The zero-order chi connectivity index (χ0) is 20.9. The smallest absolute Gasteiger partial charge is 0.184 e. The van der Waals surface area contributed by atoms with Gasteiger partial charge < -0.3 is 28.8 Å². The van der Waals surface area contributed by atoms with Gasteiger partial charge >= 0.3 is 0 Å². The molecule has 0 aliphatic carbocycles. The van der Waals surface area contributed by atoms with E-state index in [9.17, 15) is 5.11 Å². The van der Waals surface area contributed by atoms with Gasteiger partial charge in [0, 0.05) is 5.56 Å². The van der Waals surface area contributed by atoms with Gasteiger partial charge in [-0.1, -0.05) is 49.4 Å². The molecule has 7 heteroatoms. The Morgan fingerprint density at radius 1 is 1.07 bits per heavy atom. The average molecular weight is 433 g/mol. The number of thioether (sulfide) groups is 1. The van der Waals surface area contributed by atoms with Crippen LogP contribution in [-0.4, -0.2) is 54.4 Å². The predicted molar refractivity (Wildman–Crippen MR) is 114 cm³/mol. The van der Waals surface area contributed by atoms with Gasteiger partial charge in [0.2, 0.25) is 0 Å². The van der Waals surface area contributed by atoms with Gasteiger partial charge in [0.05, 0.1) is 20.3 Å². The molecule has 2 aromatic rings. The molecule has 2 fully saturated rings. The molecule has 0 aromatic heterocycles. The fourth-order valence-electron chi connectivity index (χ4n) is 3.75. The molecule has 0 amide bonds. The monoisotopic (exact) mass is 432 g/mol. The molecule has 1 unspecified atom stereocenters. The third kappa shape index (κ3) is 4.82. The van der Waals surface area contributed by atoms with Crippen LogP contribution in [0.1, 0.15) is 24.3 Å². The van der Waals surface area contributed by atoms with E-state index in [0.717, 1.165) is 22.6 Å². The van der Waals surface area contributed by atoms with E-state index < -0.39 is 24.6 Å². The molecule has 6 nitrogen and oxygen atoms in total. The first-order chi connectivity index (χ1) is 14.7. The minimum Gasteiger partial charge on any atom is -0.497 e. The summed E-state index contributed by atoms with van der Waals surface area (Å²) in [4.78, 5) is 0. The molecule has 2 aromatic carbocycles. The number of hydrogen-bond donors (Lipinski definition) is 1. The third-order valence-corrected chi connectivity index (χ3v) is 6.36. The lowest BCUT2D eigenvalue weighted by Crippen LogP contribution is -2.61. The normalized spacial score (nSPS) is 31.2. The van der Waals surface area contributed by atoms with Gasteiger partial charge in [-0.3, -0.25) is 0 Å². The van der Waals surface area contributed by atoms with E-state index in [1.54, 1.807) is 18.9 Å². The molecule has 2 heterocycles. The lowest BCUT2D eigenvalue weighted by molar-refractivity contribution is -0.325. The van der Waals surface area contributed by atoms with Crippen molar-refractivity contribution in [2.75, 3.05) is 19.5 Å². The quantitative estimate of drug-likeness (QED) is 0.718.